The van der Waals surface area contributed by atoms with E-state index >= 15 is 0 Å². The Kier molecular flexibility index (Phi) is 3.59. The van der Waals surface area contributed by atoms with E-state index in [1.807, 2.05) is 42.5 Å². The molecule has 5 heteroatoms. The Morgan fingerprint density at radius 3 is 1.96 bits per heavy atom. The lowest BCUT2D eigenvalue weighted by Gasteiger charge is -2.57. The van der Waals surface area contributed by atoms with Gasteiger partial charge in [-0.15, -0.1) is 0 Å². The molecule has 0 N–H and O–H groups in total. The van der Waals surface area contributed by atoms with Crippen molar-refractivity contribution in [2.75, 3.05) is 0 Å². The van der Waals surface area contributed by atoms with E-state index in [-0.39, 0.29) is 0 Å². The van der Waals surface area contributed by atoms with E-state index in [4.69, 9.17) is 4.74 Å². The Morgan fingerprint density at radius 1 is 0.808 bits per heavy atom. The van der Waals surface area contributed by atoms with Gasteiger partial charge in [-0.05, 0) is 36.8 Å². The zero-order chi connectivity index (χ0) is 18.4. The molecule has 3 atom stereocenters. The van der Waals surface area contributed by atoms with Crippen LogP contribution in [0, 0.1) is 62.1 Å². The monoisotopic (exact) mass is 340 g/mol. The molecule has 5 rings (SSSR count). The topological polar surface area (TPSA) is 104 Å². The van der Waals surface area contributed by atoms with Crippen LogP contribution in [0.4, 0.5) is 0 Å². The molecule has 1 aromatic rings. The Morgan fingerprint density at radius 2 is 1.38 bits per heavy atom. The molecule has 1 aromatic carbocycles. The van der Waals surface area contributed by atoms with Crippen molar-refractivity contribution in [3.8, 4) is 24.3 Å². The maximum Gasteiger partial charge on any atom is 0.205 e. The third kappa shape index (κ3) is 1.74. The van der Waals surface area contributed by atoms with Gasteiger partial charge < -0.3 is 4.74 Å². The number of fused-ring (bicyclic) bond motifs is 2. The molecular weight excluding hydrogens is 324 g/mol. The van der Waals surface area contributed by atoms with Gasteiger partial charge in [0.1, 0.15) is 6.10 Å². The van der Waals surface area contributed by atoms with E-state index in [1.165, 1.54) is 0 Å². The van der Waals surface area contributed by atoms with Gasteiger partial charge in [0.15, 0.2) is 5.41 Å². The molecule has 0 amide bonds. The molecule has 0 saturated carbocycles. The predicted molar refractivity (Wildman–Crippen MR) is 90.4 cm³/mol. The number of nitriles is 4. The van der Waals surface area contributed by atoms with Crippen molar-refractivity contribution in [2.24, 2.45) is 16.7 Å². The van der Waals surface area contributed by atoms with E-state index in [0.717, 1.165) is 42.4 Å². The molecular formula is C21H16N4O. The minimum atomic E-state index is -1.80. The van der Waals surface area contributed by atoms with Crippen molar-refractivity contribution in [2.45, 2.75) is 37.9 Å². The lowest BCUT2D eigenvalue weighted by Crippen LogP contribution is -2.63. The van der Waals surface area contributed by atoms with Gasteiger partial charge in [-0.25, -0.2) is 0 Å². The van der Waals surface area contributed by atoms with Gasteiger partial charge in [0.2, 0.25) is 5.41 Å². The molecule has 0 spiro atoms. The van der Waals surface area contributed by atoms with Crippen LogP contribution in [0.5, 0.6) is 0 Å². The Hall–Kier alpha value is -3.12. The molecule has 0 unspecified atom stereocenters. The predicted octanol–water partition coefficient (Wildman–Crippen LogP) is 3.69. The van der Waals surface area contributed by atoms with Crippen LogP contribution in [0.2, 0.25) is 0 Å². The van der Waals surface area contributed by atoms with Crippen LogP contribution in [-0.4, -0.2) is 6.10 Å². The maximum absolute atomic E-state index is 10.1. The summed E-state index contributed by atoms with van der Waals surface area (Å²) in [5.41, 5.74) is -0.638. The number of benzene rings is 1. The maximum atomic E-state index is 10.1. The molecule has 26 heavy (non-hydrogen) atoms. The Bertz CT molecular complexity index is 923. The van der Waals surface area contributed by atoms with Crippen LogP contribution in [0.15, 0.2) is 41.5 Å². The van der Waals surface area contributed by atoms with Crippen molar-refractivity contribution in [1.29, 1.82) is 21.0 Å². The quantitative estimate of drug-likeness (QED) is 0.725. The molecule has 0 radical (unpaired) electrons. The minimum Gasteiger partial charge on any atom is -0.362 e. The fraction of sp³-hybridized carbons (Fsp3) is 0.429. The first-order valence-corrected chi connectivity index (χ1v) is 8.76. The van der Waals surface area contributed by atoms with Crippen molar-refractivity contribution in [3.05, 3.63) is 47.0 Å². The van der Waals surface area contributed by atoms with Gasteiger partial charge >= 0.3 is 0 Å². The summed E-state index contributed by atoms with van der Waals surface area (Å²) in [4.78, 5) is 0. The fourth-order valence-corrected chi connectivity index (χ4v) is 4.97. The molecule has 126 valence electrons. The van der Waals surface area contributed by atoms with E-state index in [9.17, 15) is 21.0 Å². The lowest BCUT2D eigenvalue weighted by molar-refractivity contribution is -0.159. The second-order valence-corrected chi connectivity index (χ2v) is 7.15. The Balaban J connectivity index is 2.02. The highest BCUT2D eigenvalue weighted by molar-refractivity contribution is 5.52. The van der Waals surface area contributed by atoms with E-state index in [0.29, 0.717) is 0 Å². The largest absolute Gasteiger partial charge is 0.362 e. The highest BCUT2D eigenvalue weighted by Crippen LogP contribution is 2.66. The van der Waals surface area contributed by atoms with Crippen LogP contribution in [0.3, 0.4) is 0 Å². The summed E-state index contributed by atoms with van der Waals surface area (Å²) in [7, 11) is 0. The first-order chi connectivity index (χ1) is 12.7. The van der Waals surface area contributed by atoms with E-state index in [2.05, 4.69) is 12.1 Å². The zero-order valence-corrected chi connectivity index (χ0v) is 14.1. The summed E-state index contributed by atoms with van der Waals surface area (Å²) >= 11 is 0. The van der Waals surface area contributed by atoms with Gasteiger partial charge in [0, 0.05) is 5.92 Å². The SMILES string of the molecule is N#CC1(C#N)[C@@H]2C3=C(CCCC3)[C@H](O[C@@H]2c2ccccc2)C1(C#N)C#N. The third-order valence-electron chi connectivity index (χ3n) is 6.15. The molecule has 5 nitrogen and oxygen atoms in total. The van der Waals surface area contributed by atoms with Gasteiger partial charge in [-0.1, -0.05) is 35.9 Å². The second-order valence-electron chi connectivity index (χ2n) is 7.15. The average Bonchev–Trinajstić information content (AvgIpc) is 2.73. The third-order valence-corrected chi connectivity index (χ3v) is 6.15. The molecule has 2 heterocycles. The lowest BCUT2D eigenvalue weighted by atomic mass is 9.46. The molecule has 0 aromatic heterocycles. The molecule has 1 fully saturated rings. The summed E-state index contributed by atoms with van der Waals surface area (Å²) < 4.78 is 6.29. The Labute approximate surface area is 152 Å². The van der Waals surface area contributed by atoms with Crippen molar-refractivity contribution >= 4 is 0 Å². The summed E-state index contributed by atoms with van der Waals surface area (Å²) in [6.07, 6.45) is 2.19. The van der Waals surface area contributed by atoms with Gasteiger partial charge in [0.05, 0.1) is 30.4 Å². The van der Waals surface area contributed by atoms with Crippen LogP contribution in [0.25, 0.3) is 0 Å². The highest BCUT2D eigenvalue weighted by Gasteiger charge is 2.73. The molecule has 2 aliphatic carbocycles. The zero-order valence-electron chi connectivity index (χ0n) is 14.1. The van der Waals surface area contributed by atoms with Crippen molar-refractivity contribution in [3.63, 3.8) is 0 Å². The first-order valence-electron chi connectivity index (χ1n) is 8.76. The van der Waals surface area contributed by atoms with Crippen LogP contribution < -0.4 is 0 Å². The molecule has 1 saturated heterocycles. The summed E-state index contributed by atoms with van der Waals surface area (Å²) in [6.45, 7) is 0. The molecule has 2 bridgehead atoms. The number of nitrogens with zero attached hydrogens (tertiary/aromatic N) is 4. The summed E-state index contributed by atoms with van der Waals surface area (Å²) in [5.74, 6) is -0.598. The highest BCUT2D eigenvalue weighted by atomic mass is 16.5. The number of hydrogen-bond acceptors (Lipinski definition) is 5. The number of rotatable bonds is 1. The normalized spacial score (nSPS) is 30.2. The van der Waals surface area contributed by atoms with Crippen LogP contribution >= 0.6 is 0 Å². The smallest absolute Gasteiger partial charge is 0.205 e. The molecule has 2 aliphatic heterocycles. The van der Waals surface area contributed by atoms with E-state index < -0.39 is 29.0 Å². The molecule has 4 aliphatic rings. The van der Waals surface area contributed by atoms with Gasteiger partial charge in [-0.2, -0.15) is 21.0 Å². The van der Waals surface area contributed by atoms with Crippen LogP contribution in [-0.2, 0) is 4.74 Å². The van der Waals surface area contributed by atoms with Gasteiger partial charge in [-0.3, -0.25) is 0 Å². The summed E-state index contributed by atoms with van der Waals surface area (Å²) in [6, 6.07) is 17.8. The minimum absolute atomic E-state index is 0.493. The fourth-order valence-electron chi connectivity index (χ4n) is 4.97. The van der Waals surface area contributed by atoms with Gasteiger partial charge in [0.25, 0.3) is 0 Å². The summed E-state index contributed by atoms with van der Waals surface area (Å²) in [5, 5.41) is 40.0. The standard InChI is InChI=1S/C21H16N4O/c22-10-20(11-23)17-15-8-4-5-9-16(15)19(21(20,12-24)13-25)26-18(17)14-6-2-1-3-7-14/h1-3,6-7,17-19H,4-5,8-9H2/t17-,18-,19+/m1/s1. The first kappa shape index (κ1) is 16.4. The number of hydrogen-bond donors (Lipinski definition) is 0. The second kappa shape index (κ2) is 5.71. The van der Waals surface area contributed by atoms with E-state index in [1.54, 1.807) is 0 Å². The van der Waals surface area contributed by atoms with Crippen molar-refractivity contribution in [1.82, 2.24) is 0 Å². The van der Waals surface area contributed by atoms with Crippen LogP contribution in [0.1, 0.15) is 37.4 Å². The van der Waals surface area contributed by atoms with Crippen molar-refractivity contribution < 1.29 is 4.74 Å². The average molecular weight is 340 g/mol. The number of ether oxygens (including phenoxy) is 1.